The Hall–Kier alpha value is -1.55. The molecule has 17 heavy (non-hydrogen) atoms. The van der Waals surface area contributed by atoms with Crippen LogP contribution in [0.5, 0.6) is 5.75 Å². The van der Waals surface area contributed by atoms with Crippen LogP contribution in [-0.2, 0) is 0 Å². The minimum atomic E-state index is 0.0655. The molecule has 0 saturated heterocycles. The lowest BCUT2D eigenvalue weighted by Gasteiger charge is -2.17. The Morgan fingerprint density at radius 3 is 2.65 bits per heavy atom. The third kappa shape index (κ3) is 2.26. The number of carbonyl (C=O) groups excluding carboxylic acids is 1. The van der Waals surface area contributed by atoms with Crippen LogP contribution < -0.4 is 0 Å². The molecule has 1 heterocycles. The van der Waals surface area contributed by atoms with E-state index in [2.05, 4.69) is 0 Å². The van der Waals surface area contributed by atoms with Gasteiger partial charge in [-0.15, -0.1) is 11.3 Å². The minimum absolute atomic E-state index is 0.0655. The van der Waals surface area contributed by atoms with Crippen molar-refractivity contribution in [1.82, 2.24) is 4.90 Å². The summed E-state index contributed by atoms with van der Waals surface area (Å²) in [5.74, 6) is 0.299. The third-order valence-electron chi connectivity index (χ3n) is 2.76. The molecule has 1 aromatic heterocycles. The molecule has 1 amide bonds. The average molecular weight is 249 g/mol. The molecule has 0 fully saturated rings. The number of aromatic hydroxyl groups is 1. The molecule has 3 nitrogen and oxygen atoms in total. The highest BCUT2D eigenvalue weighted by atomic mass is 32.1. The van der Waals surface area contributed by atoms with Crippen LogP contribution in [0.3, 0.4) is 0 Å². The van der Waals surface area contributed by atoms with E-state index in [0.29, 0.717) is 0 Å². The topological polar surface area (TPSA) is 40.5 Å². The van der Waals surface area contributed by atoms with Gasteiger partial charge in [0.1, 0.15) is 5.75 Å². The summed E-state index contributed by atoms with van der Waals surface area (Å²) in [4.78, 5) is 14.7. The number of amides is 1. The molecule has 0 spiro atoms. The molecule has 1 N–H and O–H groups in total. The largest absolute Gasteiger partial charge is 0.508 e. The number of hydrogen-bond acceptors (Lipinski definition) is 3. The van der Waals surface area contributed by atoms with Gasteiger partial charge >= 0.3 is 0 Å². The SMILES string of the molecule is CCN(CC)C(=O)c1cc2cc(O)ccc2s1. The summed E-state index contributed by atoms with van der Waals surface area (Å²) < 4.78 is 1.03. The van der Waals surface area contributed by atoms with Crippen molar-refractivity contribution in [2.45, 2.75) is 13.8 Å². The van der Waals surface area contributed by atoms with Crippen LogP contribution in [0, 0.1) is 0 Å². The minimum Gasteiger partial charge on any atom is -0.508 e. The van der Waals surface area contributed by atoms with Crippen molar-refractivity contribution < 1.29 is 9.90 Å². The van der Waals surface area contributed by atoms with Crippen LogP contribution in [0.2, 0.25) is 0 Å². The lowest BCUT2D eigenvalue weighted by molar-refractivity contribution is 0.0778. The van der Waals surface area contributed by atoms with Gasteiger partial charge in [-0.3, -0.25) is 4.79 Å². The lowest BCUT2D eigenvalue weighted by atomic mass is 10.2. The number of thiophene rings is 1. The first-order chi connectivity index (χ1) is 8.15. The first-order valence-corrected chi connectivity index (χ1v) is 6.49. The average Bonchev–Trinajstić information content (AvgIpc) is 2.73. The van der Waals surface area contributed by atoms with Gasteiger partial charge in [0.25, 0.3) is 5.91 Å². The van der Waals surface area contributed by atoms with Gasteiger partial charge in [0.15, 0.2) is 0 Å². The zero-order valence-electron chi connectivity index (χ0n) is 9.93. The molecular formula is C13H15NO2S. The van der Waals surface area contributed by atoms with Gasteiger partial charge in [-0.25, -0.2) is 0 Å². The van der Waals surface area contributed by atoms with Gasteiger partial charge in [-0.1, -0.05) is 0 Å². The highest BCUT2D eigenvalue weighted by Gasteiger charge is 2.15. The number of phenolic OH excluding ortho intramolecular Hbond substituents is 1. The monoisotopic (exact) mass is 249 g/mol. The molecule has 90 valence electrons. The van der Waals surface area contributed by atoms with Crippen molar-refractivity contribution in [3.63, 3.8) is 0 Å². The van der Waals surface area contributed by atoms with Crippen LogP contribution in [0.25, 0.3) is 10.1 Å². The smallest absolute Gasteiger partial charge is 0.263 e. The Labute approximate surface area is 104 Å². The van der Waals surface area contributed by atoms with E-state index in [0.717, 1.165) is 28.1 Å². The quantitative estimate of drug-likeness (QED) is 0.908. The summed E-state index contributed by atoms with van der Waals surface area (Å²) in [6.07, 6.45) is 0. The van der Waals surface area contributed by atoms with Gasteiger partial charge in [0.2, 0.25) is 0 Å². The zero-order valence-corrected chi connectivity index (χ0v) is 10.8. The molecule has 0 unspecified atom stereocenters. The van der Waals surface area contributed by atoms with Crippen molar-refractivity contribution in [2.75, 3.05) is 13.1 Å². The van der Waals surface area contributed by atoms with E-state index >= 15 is 0 Å². The van der Waals surface area contributed by atoms with Crippen molar-refractivity contribution in [3.05, 3.63) is 29.1 Å². The van der Waals surface area contributed by atoms with Crippen LogP contribution in [-0.4, -0.2) is 29.0 Å². The van der Waals surface area contributed by atoms with E-state index in [9.17, 15) is 9.90 Å². The van der Waals surface area contributed by atoms with Gasteiger partial charge in [-0.05, 0) is 43.5 Å². The number of nitrogens with zero attached hydrogens (tertiary/aromatic N) is 1. The number of rotatable bonds is 3. The number of carbonyl (C=O) groups is 1. The summed E-state index contributed by atoms with van der Waals surface area (Å²) in [6, 6.07) is 7.02. The summed E-state index contributed by atoms with van der Waals surface area (Å²) in [6.45, 7) is 5.38. The first kappa shape index (κ1) is 11.9. The number of hydrogen-bond donors (Lipinski definition) is 1. The second kappa shape index (κ2) is 4.75. The molecule has 2 rings (SSSR count). The van der Waals surface area contributed by atoms with Crippen molar-refractivity contribution in [2.24, 2.45) is 0 Å². The van der Waals surface area contributed by atoms with E-state index in [4.69, 9.17) is 0 Å². The normalized spacial score (nSPS) is 10.7. The Bertz CT molecular complexity index is 543. The summed E-state index contributed by atoms with van der Waals surface area (Å²) >= 11 is 1.47. The van der Waals surface area contributed by atoms with E-state index < -0.39 is 0 Å². The fraction of sp³-hybridized carbons (Fsp3) is 0.308. The van der Waals surface area contributed by atoms with Gasteiger partial charge in [0, 0.05) is 17.8 Å². The maximum Gasteiger partial charge on any atom is 0.263 e. The Balaban J connectivity index is 2.39. The van der Waals surface area contributed by atoms with Crippen LogP contribution in [0.1, 0.15) is 23.5 Å². The second-order valence-electron chi connectivity index (χ2n) is 3.81. The lowest BCUT2D eigenvalue weighted by Crippen LogP contribution is -2.29. The van der Waals surface area contributed by atoms with Crippen LogP contribution in [0.15, 0.2) is 24.3 Å². The third-order valence-corrected chi connectivity index (χ3v) is 3.87. The van der Waals surface area contributed by atoms with Crippen molar-refractivity contribution >= 4 is 27.3 Å². The summed E-state index contributed by atoms with van der Waals surface area (Å²) in [5, 5.41) is 10.3. The number of phenols is 1. The highest BCUT2D eigenvalue weighted by molar-refractivity contribution is 7.20. The highest BCUT2D eigenvalue weighted by Crippen LogP contribution is 2.29. The fourth-order valence-electron chi connectivity index (χ4n) is 1.80. The van der Waals surface area contributed by atoms with E-state index in [-0.39, 0.29) is 11.7 Å². The van der Waals surface area contributed by atoms with Gasteiger partial charge < -0.3 is 10.0 Å². The molecule has 1 aromatic carbocycles. The number of fused-ring (bicyclic) bond motifs is 1. The molecule has 0 aliphatic rings. The van der Waals surface area contributed by atoms with Crippen LogP contribution >= 0.6 is 11.3 Å². The van der Waals surface area contributed by atoms with Gasteiger partial charge in [0.05, 0.1) is 4.88 Å². The number of benzene rings is 1. The Morgan fingerprint density at radius 2 is 2.00 bits per heavy atom. The first-order valence-electron chi connectivity index (χ1n) is 5.67. The van der Waals surface area contributed by atoms with E-state index in [1.807, 2.05) is 26.0 Å². The van der Waals surface area contributed by atoms with Crippen molar-refractivity contribution in [1.29, 1.82) is 0 Å². The molecule has 0 aliphatic carbocycles. The predicted molar refractivity (Wildman–Crippen MR) is 70.7 cm³/mol. The maximum absolute atomic E-state index is 12.1. The standard InChI is InChI=1S/C13H15NO2S/c1-3-14(4-2)13(16)12-8-9-7-10(15)5-6-11(9)17-12/h5-8,15H,3-4H2,1-2H3. The fourth-order valence-corrected chi connectivity index (χ4v) is 2.81. The molecule has 0 atom stereocenters. The Kier molecular flexibility index (Phi) is 3.33. The zero-order chi connectivity index (χ0) is 12.4. The summed E-state index contributed by atoms with van der Waals surface area (Å²) in [5.41, 5.74) is 0. The second-order valence-corrected chi connectivity index (χ2v) is 4.89. The van der Waals surface area contributed by atoms with Gasteiger partial charge in [-0.2, -0.15) is 0 Å². The van der Waals surface area contributed by atoms with Crippen molar-refractivity contribution in [3.8, 4) is 5.75 Å². The maximum atomic E-state index is 12.1. The summed E-state index contributed by atoms with van der Waals surface area (Å²) in [7, 11) is 0. The van der Waals surface area contributed by atoms with Crippen LogP contribution in [0.4, 0.5) is 0 Å². The molecule has 4 heteroatoms. The molecule has 0 saturated carbocycles. The molecule has 2 aromatic rings. The molecule has 0 radical (unpaired) electrons. The molecule has 0 bridgehead atoms. The Morgan fingerprint density at radius 1 is 1.29 bits per heavy atom. The predicted octanol–water partition coefficient (Wildman–Crippen LogP) is 3.09. The molecular weight excluding hydrogens is 234 g/mol. The van der Waals surface area contributed by atoms with E-state index in [1.165, 1.54) is 11.3 Å². The molecule has 0 aliphatic heterocycles. The van der Waals surface area contributed by atoms with E-state index in [1.54, 1.807) is 17.0 Å².